The van der Waals surface area contributed by atoms with E-state index in [0.717, 1.165) is 19.4 Å². The lowest BCUT2D eigenvalue weighted by molar-refractivity contribution is -0.122. The molecule has 0 aromatic heterocycles. The van der Waals surface area contributed by atoms with E-state index in [0.29, 0.717) is 18.9 Å². The van der Waals surface area contributed by atoms with Gasteiger partial charge in [-0.1, -0.05) is 38.5 Å². The number of hydrogen-bond acceptors (Lipinski definition) is 2. The van der Waals surface area contributed by atoms with Gasteiger partial charge in [0.05, 0.1) is 0 Å². The molecule has 1 amide bonds. The molecule has 0 saturated carbocycles. The third-order valence-corrected chi connectivity index (χ3v) is 3.87. The first-order valence-corrected chi connectivity index (χ1v) is 7.32. The summed E-state index contributed by atoms with van der Waals surface area (Å²) in [5, 5.41) is 6.49. The van der Waals surface area contributed by atoms with Gasteiger partial charge in [0.25, 0.3) is 0 Å². The van der Waals surface area contributed by atoms with Crippen LogP contribution in [0.2, 0.25) is 0 Å². The maximum absolute atomic E-state index is 11.8. The lowest BCUT2D eigenvalue weighted by Gasteiger charge is -2.21. The van der Waals surface area contributed by atoms with Crippen LogP contribution in [0.25, 0.3) is 0 Å². The molecule has 0 saturated heterocycles. The van der Waals surface area contributed by atoms with E-state index in [-0.39, 0.29) is 5.91 Å². The van der Waals surface area contributed by atoms with Gasteiger partial charge in [0.1, 0.15) is 0 Å². The smallest absolute Gasteiger partial charge is 0.220 e. The van der Waals surface area contributed by atoms with Crippen LogP contribution in [-0.4, -0.2) is 12.5 Å². The second-order valence-electron chi connectivity index (χ2n) is 5.48. The van der Waals surface area contributed by atoms with Crippen LogP contribution >= 0.6 is 0 Å². The van der Waals surface area contributed by atoms with Crippen LogP contribution in [-0.2, 0) is 17.8 Å². The number of fused-ring (bicyclic) bond motifs is 1. The van der Waals surface area contributed by atoms with E-state index in [9.17, 15) is 4.79 Å². The first-order valence-electron chi connectivity index (χ1n) is 7.32. The van der Waals surface area contributed by atoms with Crippen LogP contribution in [0.1, 0.15) is 44.2 Å². The van der Waals surface area contributed by atoms with Gasteiger partial charge in [0, 0.05) is 25.2 Å². The van der Waals surface area contributed by atoms with Gasteiger partial charge >= 0.3 is 0 Å². The van der Waals surface area contributed by atoms with E-state index >= 15 is 0 Å². The average molecular weight is 260 g/mol. The second-order valence-corrected chi connectivity index (χ2v) is 5.48. The van der Waals surface area contributed by atoms with Gasteiger partial charge in [-0.05, 0) is 29.9 Å². The third-order valence-electron chi connectivity index (χ3n) is 3.87. The van der Waals surface area contributed by atoms with Crippen LogP contribution in [0.5, 0.6) is 0 Å². The van der Waals surface area contributed by atoms with E-state index < -0.39 is 0 Å². The van der Waals surface area contributed by atoms with Gasteiger partial charge < -0.3 is 10.6 Å². The zero-order valence-electron chi connectivity index (χ0n) is 12.0. The largest absolute Gasteiger partial charge is 0.385 e. The van der Waals surface area contributed by atoms with Crippen LogP contribution in [0.3, 0.4) is 0 Å². The lowest BCUT2D eigenvalue weighted by Crippen LogP contribution is -2.25. The number of aryl methyl sites for hydroxylation is 1. The number of rotatable bonds is 5. The Labute approximate surface area is 115 Å². The highest BCUT2D eigenvalue weighted by Gasteiger charge is 2.13. The molecule has 0 radical (unpaired) electrons. The molecule has 1 aliphatic heterocycles. The Morgan fingerprint density at radius 2 is 2.32 bits per heavy atom. The molecule has 1 aromatic rings. The molecular formula is C16H24N2O. The van der Waals surface area contributed by atoms with Crippen molar-refractivity contribution in [1.82, 2.24) is 5.32 Å². The molecule has 0 bridgehead atoms. The first kappa shape index (κ1) is 13.9. The van der Waals surface area contributed by atoms with Gasteiger partial charge in [0.15, 0.2) is 0 Å². The highest BCUT2D eigenvalue weighted by molar-refractivity contribution is 5.76. The van der Waals surface area contributed by atoms with Crippen molar-refractivity contribution in [2.24, 2.45) is 5.92 Å². The number of anilines is 1. The fourth-order valence-electron chi connectivity index (χ4n) is 2.46. The second kappa shape index (κ2) is 6.60. The molecule has 1 atom stereocenters. The number of hydrogen-bond donors (Lipinski definition) is 2. The van der Waals surface area contributed by atoms with Crippen molar-refractivity contribution in [3.8, 4) is 0 Å². The minimum absolute atomic E-state index is 0.155. The standard InChI is InChI=1S/C16H24N2O/c1-3-12(2)10-15(19)18-11-14-7-4-6-13-8-5-9-17-16(13)14/h4,6-7,12,17H,3,5,8-11H2,1-2H3,(H,18,19). The molecule has 19 heavy (non-hydrogen) atoms. The molecule has 2 N–H and O–H groups in total. The SMILES string of the molecule is CCC(C)CC(=O)NCc1cccc2c1NCCC2. The van der Waals surface area contributed by atoms with Gasteiger partial charge in [0.2, 0.25) is 5.91 Å². The minimum Gasteiger partial charge on any atom is -0.385 e. The fourth-order valence-corrected chi connectivity index (χ4v) is 2.46. The van der Waals surface area contributed by atoms with Gasteiger partial charge in [-0.3, -0.25) is 4.79 Å². The van der Waals surface area contributed by atoms with E-state index in [1.165, 1.54) is 23.2 Å². The molecule has 2 rings (SSSR count). The van der Waals surface area contributed by atoms with E-state index in [4.69, 9.17) is 0 Å². The van der Waals surface area contributed by atoms with E-state index in [1.54, 1.807) is 0 Å². The summed E-state index contributed by atoms with van der Waals surface area (Å²) in [6, 6.07) is 6.36. The summed E-state index contributed by atoms with van der Waals surface area (Å²) in [4.78, 5) is 11.8. The Morgan fingerprint density at radius 3 is 3.11 bits per heavy atom. The Balaban J connectivity index is 1.94. The Kier molecular flexibility index (Phi) is 4.83. The number of benzene rings is 1. The molecule has 1 heterocycles. The molecule has 1 aromatic carbocycles. The van der Waals surface area contributed by atoms with Crippen molar-refractivity contribution in [1.29, 1.82) is 0 Å². The minimum atomic E-state index is 0.155. The monoisotopic (exact) mass is 260 g/mol. The molecule has 104 valence electrons. The Bertz CT molecular complexity index is 442. The Hall–Kier alpha value is -1.51. The molecule has 3 nitrogen and oxygen atoms in total. The summed E-state index contributed by atoms with van der Waals surface area (Å²) < 4.78 is 0. The summed E-state index contributed by atoms with van der Waals surface area (Å²) in [6.45, 7) is 5.90. The lowest BCUT2D eigenvalue weighted by atomic mass is 9.99. The molecule has 1 unspecified atom stereocenters. The highest BCUT2D eigenvalue weighted by atomic mass is 16.1. The Morgan fingerprint density at radius 1 is 1.47 bits per heavy atom. The number of carbonyl (C=O) groups excluding carboxylic acids is 1. The maximum Gasteiger partial charge on any atom is 0.220 e. The van der Waals surface area contributed by atoms with Crippen molar-refractivity contribution in [2.75, 3.05) is 11.9 Å². The zero-order chi connectivity index (χ0) is 13.7. The van der Waals surface area contributed by atoms with Crippen molar-refractivity contribution in [3.05, 3.63) is 29.3 Å². The van der Waals surface area contributed by atoms with Crippen LogP contribution in [0, 0.1) is 5.92 Å². The number of carbonyl (C=O) groups is 1. The fraction of sp³-hybridized carbons (Fsp3) is 0.562. The van der Waals surface area contributed by atoms with Crippen molar-refractivity contribution < 1.29 is 4.79 Å². The van der Waals surface area contributed by atoms with Gasteiger partial charge in [-0.2, -0.15) is 0 Å². The quantitative estimate of drug-likeness (QED) is 0.854. The van der Waals surface area contributed by atoms with Crippen molar-refractivity contribution >= 4 is 11.6 Å². The summed E-state index contributed by atoms with van der Waals surface area (Å²) in [6.07, 6.45) is 4.00. The zero-order valence-corrected chi connectivity index (χ0v) is 12.0. The molecule has 0 spiro atoms. The summed E-state index contributed by atoms with van der Waals surface area (Å²) >= 11 is 0. The normalized spacial score (nSPS) is 15.3. The highest BCUT2D eigenvalue weighted by Crippen LogP contribution is 2.25. The first-order chi connectivity index (χ1) is 9.20. The predicted molar refractivity (Wildman–Crippen MR) is 79.2 cm³/mol. The molecule has 1 aliphatic rings. The van der Waals surface area contributed by atoms with Crippen molar-refractivity contribution in [3.63, 3.8) is 0 Å². The van der Waals surface area contributed by atoms with Crippen LogP contribution < -0.4 is 10.6 Å². The van der Waals surface area contributed by atoms with Crippen molar-refractivity contribution in [2.45, 2.75) is 46.1 Å². The number of nitrogens with one attached hydrogen (secondary N) is 2. The van der Waals surface area contributed by atoms with Crippen LogP contribution in [0.4, 0.5) is 5.69 Å². The topological polar surface area (TPSA) is 41.1 Å². The molecule has 3 heteroatoms. The van der Waals surface area contributed by atoms with E-state index in [2.05, 4.69) is 42.7 Å². The molecular weight excluding hydrogens is 236 g/mol. The average Bonchev–Trinajstić information content (AvgIpc) is 2.44. The molecule has 0 fully saturated rings. The number of amides is 1. The summed E-state index contributed by atoms with van der Waals surface area (Å²) in [5.41, 5.74) is 3.81. The van der Waals surface area contributed by atoms with Crippen LogP contribution in [0.15, 0.2) is 18.2 Å². The third kappa shape index (κ3) is 3.72. The van der Waals surface area contributed by atoms with E-state index in [1.807, 2.05) is 0 Å². The summed E-state index contributed by atoms with van der Waals surface area (Å²) in [5.74, 6) is 0.616. The molecule has 0 aliphatic carbocycles. The van der Waals surface area contributed by atoms with Gasteiger partial charge in [-0.25, -0.2) is 0 Å². The van der Waals surface area contributed by atoms with Gasteiger partial charge in [-0.15, -0.1) is 0 Å². The summed E-state index contributed by atoms with van der Waals surface area (Å²) in [7, 11) is 0. The predicted octanol–water partition coefficient (Wildman–Crippen LogP) is 3.10. The maximum atomic E-state index is 11.8. The number of para-hydroxylation sites is 1.